The number of hydrogen-bond acceptors (Lipinski definition) is 5. The number of rotatable bonds is 7. The van der Waals surface area contributed by atoms with Gasteiger partial charge in [-0.2, -0.15) is 0 Å². The topological polar surface area (TPSA) is 47.6 Å². The Morgan fingerprint density at radius 2 is 1.89 bits per heavy atom. The summed E-state index contributed by atoms with van der Waals surface area (Å²) in [4.78, 5) is 15.1. The van der Waals surface area contributed by atoms with E-state index in [0.29, 0.717) is 27.8 Å². The van der Waals surface area contributed by atoms with E-state index < -0.39 is 0 Å². The van der Waals surface area contributed by atoms with Gasteiger partial charge in [-0.15, -0.1) is 23.1 Å². The predicted molar refractivity (Wildman–Crippen MR) is 113 cm³/mol. The average Bonchev–Trinajstić information content (AvgIpc) is 3.21. The van der Waals surface area contributed by atoms with Crippen LogP contribution in [-0.4, -0.2) is 20.1 Å². The minimum absolute atomic E-state index is 0.216. The first kappa shape index (κ1) is 19.6. The molecule has 0 spiro atoms. The van der Waals surface area contributed by atoms with Gasteiger partial charge in [-0.05, 0) is 23.6 Å². The highest BCUT2D eigenvalue weighted by Gasteiger charge is 2.16. The summed E-state index contributed by atoms with van der Waals surface area (Å²) in [5, 5.41) is 5.37. The van der Waals surface area contributed by atoms with E-state index >= 15 is 0 Å². The molecular weight excluding hydrogens is 402 g/mol. The van der Waals surface area contributed by atoms with Gasteiger partial charge in [0.25, 0.3) is 5.91 Å². The Balaban J connectivity index is 1.82. The highest BCUT2D eigenvalue weighted by molar-refractivity contribution is 7.98. The van der Waals surface area contributed by atoms with Crippen LogP contribution in [0.15, 0.2) is 58.8 Å². The Labute approximate surface area is 171 Å². The molecule has 0 bridgehead atoms. The van der Waals surface area contributed by atoms with Gasteiger partial charge in [0.2, 0.25) is 0 Å². The molecule has 0 unspecified atom stereocenters. The molecule has 7 heteroatoms. The van der Waals surface area contributed by atoms with Crippen molar-refractivity contribution in [1.82, 2.24) is 0 Å². The molecule has 0 fully saturated rings. The van der Waals surface area contributed by atoms with Crippen molar-refractivity contribution >= 4 is 46.3 Å². The van der Waals surface area contributed by atoms with Gasteiger partial charge in [0.1, 0.15) is 11.5 Å². The second kappa shape index (κ2) is 9.17. The smallest absolute Gasteiger partial charge is 0.256 e. The number of thioether (sulfide) groups is 1. The van der Waals surface area contributed by atoms with Crippen LogP contribution >= 0.6 is 34.7 Å². The van der Waals surface area contributed by atoms with Gasteiger partial charge >= 0.3 is 0 Å². The summed E-state index contributed by atoms with van der Waals surface area (Å²) in [7, 11) is 3.05. The minimum Gasteiger partial charge on any atom is -0.495 e. The third-order valence-electron chi connectivity index (χ3n) is 3.80. The van der Waals surface area contributed by atoms with Crippen LogP contribution in [0.25, 0.3) is 0 Å². The maximum atomic E-state index is 12.9. The number of halogens is 1. The standard InChI is InChI=1S/C20H18ClNO3S2/c1-24-17-11-16(18(25-2)10-15(17)21)22-20(23)14-7-3-4-8-19(14)27-12-13-6-5-9-26-13/h3-11H,12H2,1-2H3,(H,22,23). The molecular formula is C20H18ClNO3S2. The highest BCUT2D eigenvalue weighted by atomic mass is 35.5. The number of benzene rings is 2. The zero-order chi connectivity index (χ0) is 19.2. The Kier molecular flexibility index (Phi) is 6.66. The zero-order valence-corrected chi connectivity index (χ0v) is 17.2. The van der Waals surface area contributed by atoms with Gasteiger partial charge in [-0.1, -0.05) is 29.8 Å². The number of anilines is 1. The summed E-state index contributed by atoms with van der Waals surface area (Å²) in [5.74, 6) is 1.54. The van der Waals surface area contributed by atoms with Crippen molar-refractivity contribution in [3.05, 3.63) is 69.4 Å². The highest BCUT2D eigenvalue weighted by Crippen LogP contribution is 2.36. The molecule has 0 aliphatic carbocycles. The van der Waals surface area contributed by atoms with Crippen molar-refractivity contribution < 1.29 is 14.3 Å². The van der Waals surface area contributed by atoms with Crippen LogP contribution in [0.3, 0.4) is 0 Å². The molecule has 1 amide bonds. The molecule has 2 aromatic carbocycles. The molecule has 1 heterocycles. The minimum atomic E-state index is -0.216. The van der Waals surface area contributed by atoms with Gasteiger partial charge < -0.3 is 14.8 Å². The number of ether oxygens (including phenoxy) is 2. The monoisotopic (exact) mass is 419 g/mol. The number of thiophene rings is 1. The normalized spacial score (nSPS) is 10.5. The molecule has 1 aromatic heterocycles. The molecule has 0 atom stereocenters. The molecule has 0 aliphatic heterocycles. The zero-order valence-electron chi connectivity index (χ0n) is 14.8. The SMILES string of the molecule is COc1cc(NC(=O)c2ccccc2SCc2cccs2)c(OC)cc1Cl. The molecule has 27 heavy (non-hydrogen) atoms. The summed E-state index contributed by atoms with van der Waals surface area (Å²) < 4.78 is 10.6. The summed E-state index contributed by atoms with van der Waals surface area (Å²) in [6, 6.07) is 14.9. The fourth-order valence-corrected chi connectivity index (χ4v) is 4.53. The maximum absolute atomic E-state index is 12.9. The van der Waals surface area contributed by atoms with Crippen LogP contribution in [0.5, 0.6) is 11.5 Å². The van der Waals surface area contributed by atoms with Crippen LogP contribution in [0.2, 0.25) is 5.02 Å². The number of hydrogen-bond donors (Lipinski definition) is 1. The van der Waals surface area contributed by atoms with E-state index in [1.165, 1.54) is 19.1 Å². The lowest BCUT2D eigenvalue weighted by molar-refractivity contribution is 0.102. The average molecular weight is 420 g/mol. The molecule has 0 aliphatic rings. The van der Waals surface area contributed by atoms with Crippen molar-refractivity contribution in [3.8, 4) is 11.5 Å². The molecule has 1 N–H and O–H groups in total. The molecule has 140 valence electrons. The van der Waals surface area contributed by atoms with E-state index in [1.54, 1.807) is 35.2 Å². The Hall–Kier alpha value is -2.15. The van der Waals surface area contributed by atoms with Crippen LogP contribution in [0.4, 0.5) is 5.69 Å². The van der Waals surface area contributed by atoms with E-state index in [-0.39, 0.29) is 5.91 Å². The first-order chi connectivity index (χ1) is 13.1. The van der Waals surface area contributed by atoms with Crippen LogP contribution < -0.4 is 14.8 Å². The van der Waals surface area contributed by atoms with E-state index in [1.807, 2.05) is 30.3 Å². The predicted octanol–water partition coefficient (Wildman–Crippen LogP) is 5.96. The van der Waals surface area contributed by atoms with Crippen LogP contribution in [-0.2, 0) is 5.75 Å². The molecule has 3 rings (SSSR count). The Morgan fingerprint density at radius 1 is 1.11 bits per heavy atom. The number of carbonyl (C=O) groups is 1. The van der Waals surface area contributed by atoms with Gasteiger partial charge in [-0.25, -0.2) is 0 Å². The third-order valence-corrected chi connectivity index (χ3v) is 6.28. The van der Waals surface area contributed by atoms with E-state index in [9.17, 15) is 4.79 Å². The summed E-state index contributed by atoms with van der Waals surface area (Å²) in [5.41, 5.74) is 1.11. The van der Waals surface area contributed by atoms with E-state index in [2.05, 4.69) is 16.8 Å². The van der Waals surface area contributed by atoms with Gasteiger partial charge in [0, 0.05) is 27.7 Å². The number of amides is 1. The third kappa shape index (κ3) is 4.77. The molecule has 4 nitrogen and oxygen atoms in total. The second-order valence-electron chi connectivity index (χ2n) is 5.51. The summed E-state index contributed by atoms with van der Waals surface area (Å²) >= 11 is 9.47. The molecule has 0 saturated carbocycles. The van der Waals surface area contributed by atoms with Crippen molar-refractivity contribution in [2.24, 2.45) is 0 Å². The molecule has 3 aromatic rings. The quantitative estimate of drug-likeness (QED) is 0.480. The Bertz CT molecular complexity index is 929. The lowest BCUT2D eigenvalue weighted by Crippen LogP contribution is -2.14. The fraction of sp³-hybridized carbons (Fsp3) is 0.150. The van der Waals surface area contributed by atoms with Crippen molar-refractivity contribution in [1.29, 1.82) is 0 Å². The first-order valence-corrected chi connectivity index (χ1v) is 10.3. The maximum Gasteiger partial charge on any atom is 0.256 e. The lowest BCUT2D eigenvalue weighted by atomic mass is 10.2. The molecule has 0 saturated heterocycles. The number of methoxy groups -OCH3 is 2. The number of carbonyl (C=O) groups excluding carboxylic acids is 1. The molecule has 0 radical (unpaired) electrons. The first-order valence-electron chi connectivity index (χ1n) is 8.09. The number of nitrogens with one attached hydrogen (secondary N) is 1. The van der Waals surface area contributed by atoms with Gasteiger partial charge in [-0.3, -0.25) is 4.79 Å². The van der Waals surface area contributed by atoms with Crippen molar-refractivity contribution in [2.45, 2.75) is 10.6 Å². The fourth-order valence-electron chi connectivity index (χ4n) is 2.47. The van der Waals surface area contributed by atoms with Gasteiger partial charge in [0.15, 0.2) is 0 Å². The van der Waals surface area contributed by atoms with Crippen LogP contribution in [0, 0.1) is 0 Å². The van der Waals surface area contributed by atoms with Crippen LogP contribution in [0.1, 0.15) is 15.2 Å². The van der Waals surface area contributed by atoms with E-state index in [0.717, 1.165) is 10.6 Å². The Morgan fingerprint density at radius 3 is 2.59 bits per heavy atom. The summed E-state index contributed by atoms with van der Waals surface area (Å²) in [6.07, 6.45) is 0. The second-order valence-corrected chi connectivity index (χ2v) is 7.96. The van der Waals surface area contributed by atoms with Crippen molar-refractivity contribution in [2.75, 3.05) is 19.5 Å². The summed E-state index contributed by atoms with van der Waals surface area (Å²) in [6.45, 7) is 0. The van der Waals surface area contributed by atoms with Crippen molar-refractivity contribution in [3.63, 3.8) is 0 Å². The van der Waals surface area contributed by atoms with Gasteiger partial charge in [0.05, 0.1) is 30.5 Å². The largest absolute Gasteiger partial charge is 0.495 e. The van der Waals surface area contributed by atoms with E-state index in [4.69, 9.17) is 21.1 Å². The lowest BCUT2D eigenvalue weighted by Gasteiger charge is -2.14.